The smallest absolute Gasteiger partial charge is 0.0762 e. The van der Waals surface area contributed by atoms with Crippen LogP contribution in [0.2, 0.25) is 0 Å². The quantitative estimate of drug-likeness (QED) is 0.623. The van der Waals surface area contributed by atoms with Crippen molar-refractivity contribution in [1.82, 2.24) is 15.5 Å². The van der Waals surface area contributed by atoms with Crippen LogP contribution >= 0.6 is 0 Å². The van der Waals surface area contributed by atoms with Gasteiger partial charge in [0.15, 0.2) is 0 Å². The molecule has 0 saturated heterocycles. The van der Waals surface area contributed by atoms with Crippen molar-refractivity contribution in [2.24, 2.45) is 5.73 Å². The lowest BCUT2D eigenvalue weighted by atomic mass is 10.2. The zero-order valence-corrected chi connectivity index (χ0v) is 8.30. The van der Waals surface area contributed by atoms with Crippen molar-refractivity contribution in [1.29, 1.82) is 0 Å². The van der Waals surface area contributed by atoms with E-state index in [2.05, 4.69) is 22.4 Å². The lowest BCUT2D eigenvalue weighted by molar-refractivity contribution is 0.515. The van der Waals surface area contributed by atoms with E-state index in [9.17, 15) is 0 Å². The Balaban J connectivity index is 2.26. The fourth-order valence-electron chi connectivity index (χ4n) is 1.20. The molecule has 0 aromatic carbocycles. The Kier molecular flexibility index (Phi) is 3.92. The summed E-state index contributed by atoms with van der Waals surface area (Å²) in [6, 6.07) is 2.50. The third-order valence-electron chi connectivity index (χ3n) is 1.99. The molecule has 0 amide bonds. The molecular weight excluding hydrogens is 164 g/mol. The SMILES string of the molecule is Cc1cc(CNC(C)CCN)n[nH]1. The molecule has 1 aromatic heterocycles. The molecule has 1 aromatic rings. The summed E-state index contributed by atoms with van der Waals surface area (Å²) in [6.45, 7) is 5.67. The number of aryl methyl sites for hydroxylation is 1. The molecule has 1 rings (SSSR count). The molecule has 0 spiro atoms. The largest absolute Gasteiger partial charge is 0.330 e. The first kappa shape index (κ1) is 10.2. The minimum Gasteiger partial charge on any atom is -0.330 e. The third-order valence-corrected chi connectivity index (χ3v) is 1.99. The normalized spacial score (nSPS) is 13.2. The van der Waals surface area contributed by atoms with Crippen LogP contribution in [0.25, 0.3) is 0 Å². The van der Waals surface area contributed by atoms with E-state index in [-0.39, 0.29) is 0 Å². The van der Waals surface area contributed by atoms with E-state index in [1.54, 1.807) is 0 Å². The predicted octanol–water partition coefficient (Wildman–Crippen LogP) is 0.545. The van der Waals surface area contributed by atoms with Gasteiger partial charge in [-0.1, -0.05) is 0 Å². The number of nitrogens with one attached hydrogen (secondary N) is 2. The van der Waals surface area contributed by atoms with Gasteiger partial charge in [-0.3, -0.25) is 5.10 Å². The maximum Gasteiger partial charge on any atom is 0.0762 e. The van der Waals surface area contributed by atoms with Crippen molar-refractivity contribution in [3.05, 3.63) is 17.5 Å². The number of hydrogen-bond acceptors (Lipinski definition) is 3. The van der Waals surface area contributed by atoms with Gasteiger partial charge in [0, 0.05) is 18.3 Å². The first-order valence-corrected chi connectivity index (χ1v) is 4.66. The van der Waals surface area contributed by atoms with Crippen LogP contribution in [0.4, 0.5) is 0 Å². The average molecular weight is 182 g/mol. The molecule has 74 valence electrons. The van der Waals surface area contributed by atoms with Gasteiger partial charge < -0.3 is 11.1 Å². The van der Waals surface area contributed by atoms with E-state index < -0.39 is 0 Å². The molecule has 4 N–H and O–H groups in total. The molecular formula is C9H18N4. The molecule has 0 aliphatic carbocycles. The Hall–Kier alpha value is -0.870. The summed E-state index contributed by atoms with van der Waals surface area (Å²) in [4.78, 5) is 0. The van der Waals surface area contributed by atoms with Crippen LogP contribution in [-0.2, 0) is 6.54 Å². The Labute approximate surface area is 78.9 Å². The van der Waals surface area contributed by atoms with Gasteiger partial charge in [-0.25, -0.2) is 0 Å². The summed E-state index contributed by atoms with van der Waals surface area (Å²) in [5, 5.41) is 10.4. The molecule has 13 heavy (non-hydrogen) atoms. The van der Waals surface area contributed by atoms with Crippen molar-refractivity contribution >= 4 is 0 Å². The van der Waals surface area contributed by atoms with Gasteiger partial charge in [0.05, 0.1) is 5.69 Å². The maximum atomic E-state index is 5.44. The molecule has 4 nitrogen and oxygen atoms in total. The minimum absolute atomic E-state index is 0.460. The first-order chi connectivity index (χ1) is 6.22. The Morgan fingerprint density at radius 1 is 1.69 bits per heavy atom. The van der Waals surface area contributed by atoms with Gasteiger partial charge >= 0.3 is 0 Å². The molecule has 1 heterocycles. The number of rotatable bonds is 5. The number of aromatic amines is 1. The van der Waals surface area contributed by atoms with E-state index in [0.29, 0.717) is 6.04 Å². The highest BCUT2D eigenvalue weighted by Crippen LogP contribution is 1.98. The second-order valence-electron chi connectivity index (χ2n) is 3.40. The number of hydrogen-bond donors (Lipinski definition) is 3. The fourth-order valence-corrected chi connectivity index (χ4v) is 1.20. The molecule has 1 unspecified atom stereocenters. The van der Waals surface area contributed by atoms with Crippen LogP contribution in [0.1, 0.15) is 24.7 Å². The summed E-state index contributed by atoms with van der Waals surface area (Å²) in [6.07, 6.45) is 1.00. The number of H-pyrrole nitrogens is 1. The van der Waals surface area contributed by atoms with Crippen LogP contribution < -0.4 is 11.1 Å². The predicted molar refractivity (Wildman–Crippen MR) is 53.3 cm³/mol. The second-order valence-corrected chi connectivity index (χ2v) is 3.40. The van der Waals surface area contributed by atoms with Crippen LogP contribution in [0.5, 0.6) is 0 Å². The molecule has 0 fully saturated rings. The van der Waals surface area contributed by atoms with Gasteiger partial charge in [-0.2, -0.15) is 5.10 Å². The Morgan fingerprint density at radius 3 is 3.00 bits per heavy atom. The van der Waals surface area contributed by atoms with E-state index in [4.69, 9.17) is 5.73 Å². The maximum absolute atomic E-state index is 5.44. The van der Waals surface area contributed by atoms with Crippen LogP contribution in [0, 0.1) is 6.92 Å². The summed E-state index contributed by atoms with van der Waals surface area (Å²) >= 11 is 0. The van der Waals surface area contributed by atoms with Crippen molar-refractivity contribution in [2.75, 3.05) is 6.54 Å². The van der Waals surface area contributed by atoms with Gasteiger partial charge in [-0.05, 0) is 32.9 Å². The highest BCUT2D eigenvalue weighted by atomic mass is 15.1. The monoisotopic (exact) mass is 182 g/mol. The highest BCUT2D eigenvalue weighted by Gasteiger charge is 2.01. The zero-order valence-electron chi connectivity index (χ0n) is 8.30. The number of nitrogens with two attached hydrogens (primary N) is 1. The van der Waals surface area contributed by atoms with Crippen LogP contribution in [0.3, 0.4) is 0 Å². The standard InChI is InChI=1S/C9H18N4/c1-7(3-4-10)11-6-9-5-8(2)12-13-9/h5,7,11H,3-4,6,10H2,1-2H3,(H,12,13). The lowest BCUT2D eigenvalue weighted by Gasteiger charge is -2.10. The molecule has 0 aliphatic heterocycles. The average Bonchev–Trinajstić information content (AvgIpc) is 2.49. The molecule has 4 heteroatoms. The van der Waals surface area contributed by atoms with Crippen molar-refractivity contribution < 1.29 is 0 Å². The Bertz CT molecular complexity index is 244. The molecule has 0 saturated carbocycles. The number of nitrogens with zero attached hydrogens (tertiary/aromatic N) is 1. The van der Waals surface area contributed by atoms with Gasteiger partial charge in [0.25, 0.3) is 0 Å². The molecule has 0 aliphatic rings. The first-order valence-electron chi connectivity index (χ1n) is 4.66. The van der Waals surface area contributed by atoms with Gasteiger partial charge in [0.2, 0.25) is 0 Å². The van der Waals surface area contributed by atoms with Crippen molar-refractivity contribution in [3.63, 3.8) is 0 Å². The molecule has 1 atom stereocenters. The Morgan fingerprint density at radius 2 is 2.46 bits per heavy atom. The highest BCUT2D eigenvalue weighted by molar-refractivity contribution is 5.06. The van der Waals surface area contributed by atoms with Crippen molar-refractivity contribution in [2.45, 2.75) is 32.9 Å². The van der Waals surface area contributed by atoms with E-state index in [0.717, 1.165) is 30.9 Å². The summed E-state index contributed by atoms with van der Waals surface area (Å²) in [5.41, 5.74) is 7.60. The van der Waals surface area contributed by atoms with E-state index in [1.807, 2.05) is 13.0 Å². The van der Waals surface area contributed by atoms with Crippen LogP contribution in [0.15, 0.2) is 6.07 Å². The number of aromatic nitrogens is 2. The molecule has 0 radical (unpaired) electrons. The summed E-state index contributed by atoms with van der Waals surface area (Å²) in [5.74, 6) is 0. The zero-order chi connectivity index (χ0) is 9.68. The van der Waals surface area contributed by atoms with Gasteiger partial charge in [0.1, 0.15) is 0 Å². The van der Waals surface area contributed by atoms with E-state index >= 15 is 0 Å². The lowest BCUT2D eigenvalue weighted by Crippen LogP contribution is -2.27. The third kappa shape index (κ3) is 3.57. The van der Waals surface area contributed by atoms with E-state index in [1.165, 1.54) is 0 Å². The fraction of sp³-hybridized carbons (Fsp3) is 0.667. The minimum atomic E-state index is 0.460. The summed E-state index contributed by atoms with van der Waals surface area (Å²) in [7, 11) is 0. The summed E-state index contributed by atoms with van der Waals surface area (Å²) < 4.78 is 0. The molecule has 0 bridgehead atoms. The van der Waals surface area contributed by atoms with Crippen molar-refractivity contribution in [3.8, 4) is 0 Å². The van der Waals surface area contributed by atoms with Gasteiger partial charge in [-0.15, -0.1) is 0 Å². The second kappa shape index (κ2) is 4.99. The van der Waals surface area contributed by atoms with Crippen LogP contribution in [-0.4, -0.2) is 22.8 Å². The topological polar surface area (TPSA) is 66.7 Å².